The molecule has 118 valence electrons. The maximum Gasteiger partial charge on any atom is 0.268 e. The van der Waals surface area contributed by atoms with Crippen LogP contribution in [0.1, 0.15) is 18.9 Å². The Morgan fingerprint density at radius 1 is 1.22 bits per heavy atom. The van der Waals surface area contributed by atoms with Crippen molar-refractivity contribution >= 4 is 21.4 Å². The highest BCUT2D eigenvalue weighted by Crippen LogP contribution is 2.31. The molecule has 4 heterocycles. The third kappa shape index (κ3) is 2.71. The zero-order valence-corrected chi connectivity index (χ0v) is 13.9. The van der Waals surface area contributed by atoms with Crippen LogP contribution in [0.25, 0.3) is 20.7 Å². The predicted octanol–water partition coefficient (Wildman–Crippen LogP) is 3.39. The van der Waals surface area contributed by atoms with E-state index in [-0.39, 0.29) is 5.56 Å². The summed E-state index contributed by atoms with van der Waals surface area (Å²) in [5.74, 6) is 0. The van der Waals surface area contributed by atoms with Gasteiger partial charge in [-0.3, -0.25) is 9.78 Å². The Kier molecular flexibility index (Phi) is 3.75. The number of nitrogens with zero attached hydrogens (tertiary/aromatic N) is 3. The van der Waals surface area contributed by atoms with Crippen LogP contribution in [-0.2, 0) is 0 Å². The molecule has 1 aliphatic rings. The summed E-state index contributed by atoms with van der Waals surface area (Å²) in [4.78, 5) is 20.7. The summed E-state index contributed by atoms with van der Waals surface area (Å²) in [6.45, 7) is 2.11. The minimum absolute atomic E-state index is 0.143. The van der Waals surface area contributed by atoms with Crippen LogP contribution in [-0.4, -0.2) is 34.6 Å². The summed E-state index contributed by atoms with van der Waals surface area (Å²) in [6.07, 6.45) is 5.84. The van der Waals surface area contributed by atoms with Gasteiger partial charge in [-0.1, -0.05) is 6.07 Å². The molecule has 5 heteroatoms. The van der Waals surface area contributed by atoms with Crippen molar-refractivity contribution in [2.24, 2.45) is 0 Å². The van der Waals surface area contributed by atoms with Crippen molar-refractivity contribution in [3.05, 3.63) is 53.1 Å². The molecule has 0 atom stereocenters. The van der Waals surface area contributed by atoms with Crippen LogP contribution in [0.2, 0.25) is 0 Å². The molecule has 0 aliphatic carbocycles. The zero-order chi connectivity index (χ0) is 15.8. The van der Waals surface area contributed by atoms with E-state index in [0.717, 1.165) is 46.6 Å². The molecule has 0 N–H and O–H groups in total. The van der Waals surface area contributed by atoms with Gasteiger partial charge >= 0.3 is 0 Å². The highest BCUT2D eigenvalue weighted by atomic mass is 32.1. The lowest BCUT2D eigenvalue weighted by Crippen LogP contribution is -2.35. The second-order valence-corrected chi connectivity index (χ2v) is 7.22. The van der Waals surface area contributed by atoms with Gasteiger partial charge in [0.2, 0.25) is 0 Å². The van der Waals surface area contributed by atoms with Crippen molar-refractivity contribution in [3.8, 4) is 10.6 Å². The van der Waals surface area contributed by atoms with E-state index in [0.29, 0.717) is 6.04 Å². The lowest BCUT2D eigenvalue weighted by atomic mass is 10.1. The molecule has 3 aromatic rings. The van der Waals surface area contributed by atoms with Gasteiger partial charge in [-0.2, -0.15) is 0 Å². The fourth-order valence-corrected chi connectivity index (χ4v) is 4.31. The number of aromatic nitrogens is 2. The number of likely N-dealkylation sites (tertiary alicyclic amines) is 1. The van der Waals surface area contributed by atoms with Crippen LogP contribution in [0.3, 0.4) is 0 Å². The molecule has 0 spiro atoms. The summed E-state index contributed by atoms with van der Waals surface area (Å²) in [7, 11) is 2.14. The monoisotopic (exact) mass is 325 g/mol. The minimum atomic E-state index is 0.143. The first-order chi connectivity index (χ1) is 11.2. The third-order valence-corrected chi connectivity index (χ3v) is 5.76. The molecule has 23 heavy (non-hydrogen) atoms. The Bertz CT molecular complexity index is 876. The lowest BCUT2D eigenvalue weighted by Gasteiger charge is -2.30. The van der Waals surface area contributed by atoms with E-state index < -0.39 is 0 Å². The third-order valence-electron chi connectivity index (χ3n) is 4.60. The zero-order valence-electron chi connectivity index (χ0n) is 13.1. The summed E-state index contributed by atoms with van der Waals surface area (Å²) >= 11 is 1.55. The maximum atomic E-state index is 12.9. The fraction of sp³-hybridized carbons (Fsp3) is 0.333. The van der Waals surface area contributed by atoms with Crippen molar-refractivity contribution < 1.29 is 0 Å². The number of thiophene rings is 1. The van der Waals surface area contributed by atoms with Gasteiger partial charge < -0.3 is 9.47 Å². The molecular formula is C18H19N3OS. The standard InChI is InChI=1S/C18H19N3OS/c1-20-9-6-14(7-10-20)21-11-5-13-12-16(23-17(13)18(21)22)15-4-2-3-8-19-15/h2-5,8,11-12,14H,6-7,9-10H2,1H3. The van der Waals surface area contributed by atoms with Gasteiger partial charge in [-0.05, 0) is 57.2 Å². The average molecular weight is 325 g/mol. The maximum absolute atomic E-state index is 12.9. The largest absolute Gasteiger partial charge is 0.311 e. The first kappa shape index (κ1) is 14.6. The van der Waals surface area contributed by atoms with Crippen molar-refractivity contribution in [1.82, 2.24) is 14.5 Å². The van der Waals surface area contributed by atoms with E-state index in [1.165, 1.54) is 0 Å². The first-order valence-electron chi connectivity index (χ1n) is 7.97. The van der Waals surface area contributed by atoms with Gasteiger partial charge in [0.25, 0.3) is 5.56 Å². The van der Waals surface area contributed by atoms with Gasteiger partial charge in [0.05, 0.1) is 10.6 Å². The predicted molar refractivity (Wildman–Crippen MR) is 95.1 cm³/mol. The molecule has 0 saturated carbocycles. The van der Waals surface area contributed by atoms with Gasteiger partial charge in [0.1, 0.15) is 4.70 Å². The molecule has 0 radical (unpaired) electrons. The second-order valence-electron chi connectivity index (χ2n) is 6.17. The number of hydrogen-bond donors (Lipinski definition) is 0. The molecule has 1 fully saturated rings. The summed E-state index contributed by atoms with van der Waals surface area (Å²) in [5.41, 5.74) is 1.07. The van der Waals surface area contributed by atoms with Gasteiger partial charge in [0.15, 0.2) is 0 Å². The molecule has 1 aliphatic heterocycles. The molecule has 4 nitrogen and oxygen atoms in total. The van der Waals surface area contributed by atoms with Crippen LogP contribution in [0.5, 0.6) is 0 Å². The van der Waals surface area contributed by atoms with Gasteiger partial charge in [0, 0.05) is 23.8 Å². The second kappa shape index (κ2) is 5.91. The number of fused-ring (bicyclic) bond motifs is 1. The SMILES string of the molecule is CN1CCC(n2ccc3cc(-c4ccccn4)sc3c2=O)CC1. The minimum Gasteiger partial charge on any atom is -0.311 e. The van der Waals surface area contributed by atoms with Gasteiger partial charge in [-0.15, -0.1) is 11.3 Å². The first-order valence-corrected chi connectivity index (χ1v) is 8.78. The van der Waals surface area contributed by atoms with Crippen LogP contribution in [0, 0.1) is 0 Å². The summed E-state index contributed by atoms with van der Waals surface area (Å²) in [6, 6.07) is 10.3. The molecule has 1 saturated heterocycles. The summed E-state index contributed by atoms with van der Waals surface area (Å²) < 4.78 is 2.78. The Balaban J connectivity index is 1.75. The van der Waals surface area contributed by atoms with E-state index in [2.05, 4.69) is 29.1 Å². The number of rotatable bonds is 2. The van der Waals surface area contributed by atoms with Crippen LogP contribution in [0.4, 0.5) is 0 Å². The lowest BCUT2D eigenvalue weighted by molar-refractivity contribution is 0.219. The molecule has 0 unspecified atom stereocenters. The fourth-order valence-electron chi connectivity index (χ4n) is 3.24. The smallest absolute Gasteiger partial charge is 0.268 e. The van der Waals surface area contributed by atoms with E-state index in [1.807, 2.05) is 29.0 Å². The van der Waals surface area contributed by atoms with Crippen molar-refractivity contribution in [1.29, 1.82) is 0 Å². The molecular weight excluding hydrogens is 306 g/mol. The van der Waals surface area contributed by atoms with E-state index >= 15 is 0 Å². The van der Waals surface area contributed by atoms with E-state index in [9.17, 15) is 4.79 Å². The van der Waals surface area contributed by atoms with Gasteiger partial charge in [-0.25, -0.2) is 0 Å². The summed E-state index contributed by atoms with van der Waals surface area (Å²) in [5, 5.41) is 1.02. The topological polar surface area (TPSA) is 38.1 Å². The Morgan fingerprint density at radius 3 is 2.78 bits per heavy atom. The highest BCUT2D eigenvalue weighted by molar-refractivity contribution is 7.22. The highest BCUT2D eigenvalue weighted by Gasteiger charge is 2.20. The van der Waals surface area contributed by atoms with E-state index in [1.54, 1.807) is 17.5 Å². The quantitative estimate of drug-likeness (QED) is 0.725. The number of pyridine rings is 2. The molecule has 0 amide bonds. The molecule has 3 aromatic heterocycles. The van der Waals surface area contributed by atoms with Crippen molar-refractivity contribution in [2.75, 3.05) is 20.1 Å². The van der Waals surface area contributed by atoms with Crippen LogP contribution < -0.4 is 5.56 Å². The van der Waals surface area contributed by atoms with Crippen molar-refractivity contribution in [2.45, 2.75) is 18.9 Å². The van der Waals surface area contributed by atoms with Crippen molar-refractivity contribution in [3.63, 3.8) is 0 Å². The Hall–Kier alpha value is -1.98. The number of hydrogen-bond acceptors (Lipinski definition) is 4. The Morgan fingerprint density at radius 2 is 2.04 bits per heavy atom. The normalized spacial score (nSPS) is 16.9. The number of piperidine rings is 1. The molecule has 0 bridgehead atoms. The Labute approximate surface area is 139 Å². The molecule has 0 aromatic carbocycles. The van der Waals surface area contributed by atoms with Crippen LogP contribution >= 0.6 is 11.3 Å². The average Bonchev–Trinajstić information content (AvgIpc) is 3.02. The molecule has 4 rings (SSSR count). The van der Waals surface area contributed by atoms with E-state index in [4.69, 9.17) is 0 Å². The van der Waals surface area contributed by atoms with Crippen LogP contribution in [0.15, 0.2) is 47.5 Å².